The molecule has 5 nitrogen and oxygen atoms in total. The van der Waals surface area contributed by atoms with Crippen LogP contribution < -0.4 is 10.6 Å². The van der Waals surface area contributed by atoms with Gasteiger partial charge in [-0.05, 0) is 31.5 Å². The zero-order valence-corrected chi connectivity index (χ0v) is 15.7. The fourth-order valence-electron chi connectivity index (χ4n) is 2.90. The number of nitrogens with zero attached hydrogens (tertiary/aromatic N) is 2. The van der Waals surface area contributed by atoms with Gasteiger partial charge in [-0.15, -0.1) is 0 Å². The number of guanidine groups is 1. The van der Waals surface area contributed by atoms with Gasteiger partial charge in [0.05, 0.1) is 13.2 Å². The summed E-state index contributed by atoms with van der Waals surface area (Å²) in [7, 11) is 0. The number of benzene rings is 1. The maximum absolute atomic E-state index is 13.9. The molecule has 1 aliphatic rings. The van der Waals surface area contributed by atoms with Crippen molar-refractivity contribution in [3.8, 4) is 0 Å². The standard InChI is InChI=1S/C19H30F2N4O/c1-3-22-19(23-7-4-8-25-9-11-26-12-10-25)24-14-15(2)17-6-5-16(20)13-18(17)21/h5-6,13,15H,3-4,7-12,14H2,1-2H3,(H2,22,23,24). The number of rotatable bonds is 8. The van der Waals surface area contributed by atoms with E-state index in [2.05, 4.69) is 20.5 Å². The third kappa shape index (κ3) is 6.88. The summed E-state index contributed by atoms with van der Waals surface area (Å²) < 4.78 is 32.2. The molecule has 1 aromatic rings. The van der Waals surface area contributed by atoms with Crippen molar-refractivity contribution < 1.29 is 13.5 Å². The molecule has 1 fully saturated rings. The molecule has 0 aliphatic carbocycles. The summed E-state index contributed by atoms with van der Waals surface area (Å²) in [6.07, 6.45) is 1.02. The predicted octanol–water partition coefficient (Wildman–Crippen LogP) is 2.35. The molecule has 7 heteroatoms. The zero-order chi connectivity index (χ0) is 18.8. The van der Waals surface area contributed by atoms with E-state index in [9.17, 15) is 8.78 Å². The first-order chi connectivity index (χ1) is 12.6. The highest BCUT2D eigenvalue weighted by Gasteiger charge is 2.12. The summed E-state index contributed by atoms with van der Waals surface area (Å²) in [5.74, 6) is -0.475. The maximum atomic E-state index is 13.9. The van der Waals surface area contributed by atoms with E-state index in [0.717, 1.165) is 64.4 Å². The zero-order valence-electron chi connectivity index (χ0n) is 15.7. The number of halogens is 2. The Balaban J connectivity index is 1.79. The van der Waals surface area contributed by atoms with E-state index in [4.69, 9.17) is 4.74 Å². The Kier molecular flexibility index (Phi) is 8.77. The number of aliphatic imine (C=N–C) groups is 1. The molecule has 0 aromatic heterocycles. The quantitative estimate of drug-likeness (QED) is 0.420. The van der Waals surface area contributed by atoms with Gasteiger partial charge >= 0.3 is 0 Å². The van der Waals surface area contributed by atoms with Crippen molar-refractivity contribution in [2.24, 2.45) is 4.99 Å². The van der Waals surface area contributed by atoms with Crippen molar-refractivity contribution >= 4 is 5.96 Å². The SMILES string of the molecule is CCNC(=NCC(C)c1ccc(F)cc1F)NCCCN1CCOCC1. The lowest BCUT2D eigenvalue weighted by Gasteiger charge is -2.26. The Morgan fingerprint density at radius 2 is 2.04 bits per heavy atom. The highest BCUT2D eigenvalue weighted by molar-refractivity contribution is 5.79. The van der Waals surface area contributed by atoms with Gasteiger partial charge in [0, 0.05) is 44.7 Å². The van der Waals surface area contributed by atoms with Gasteiger partial charge in [0.1, 0.15) is 11.6 Å². The first-order valence-corrected chi connectivity index (χ1v) is 9.37. The third-order valence-electron chi connectivity index (χ3n) is 4.41. The molecule has 1 unspecified atom stereocenters. The van der Waals surface area contributed by atoms with Crippen LogP contribution in [-0.4, -0.2) is 63.3 Å². The van der Waals surface area contributed by atoms with E-state index >= 15 is 0 Å². The summed E-state index contributed by atoms with van der Waals surface area (Å²) in [5, 5.41) is 6.52. The molecule has 0 saturated carbocycles. The molecule has 0 spiro atoms. The van der Waals surface area contributed by atoms with Crippen LogP contribution in [0.4, 0.5) is 8.78 Å². The van der Waals surface area contributed by atoms with Crippen molar-refractivity contribution in [2.45, 2.75) is 26.2 Å². The minimum atomic E-state index is -0.558. The normalized spacial score (nSPS) is 17.2. The average molecular weight is 368 g/mol. The second-order valence-electron chi connectivity index (χ2n) is 6.52. The summed E-state index contributed by atoms with van der Waals surface area (Å²) in [6.45, 7) is 10.6. The Labute approximate surface area is 154 Å². The topological polar surface area (TPSA) is 48.9 Å². The average Bonchev–Trinajstić information content (AvgIpc) is 2.63. The fourth-order valence-corrected chi connectivity index (χ4v) is 2.90. The molecule has 0 radical (unpaired) electrons. The van der Waals surface area contributed by atoms with Crippen molar-refractivity contribution in [2.75, 3.05) is 52.5 Å². The fraction of sp³-hybridized carbons (Fsp3) is 0.632. The van der Waals surface area contributed by atoms with Gasteiger partial charge in [0.25, 0.3) is 0 Å². The van der Waals surface area contributed by atoms with Crippen LogP contribution in [0.3, 0.4) is 0 Å². The van der Waals surface area contributed by atoms with Crippen LogP contribution in [0.25, 0.3) is 0 Å². The van der Waals surface area contributed by atoms with E-state index < -0.39 is 11.6 Å². The summed E-state index contributed by atoms with van der Waals surface area (Å²) >= 11 is 0. The lowest BCUT2D eigenvalue weighted by Crippen LogP contribution is -2.40. The lowest BCUT2D eigenvalue weighted by molar-refractivity contribution is 0.0376. The molecule has 2 N–H and O–H groups in total. The Bertz CT molecular complexity index is 577. The Hall–Kier alpha value is -1.73. The van der Waals surface area contributed by atoms with Gasteiger partial charge in [0.2, 0.25) is 0 Å². The number of hydrogen-bond acceptors (Lipinski definition) is 3. The smallest absolute Gasteiger partial charge is 0.191 e. The largest absolute Gasteiger partial charge is 0.379 e. The second-order valence-corrected chi connectivity index (χ2v) is 6.52. The number of hydrogen-bond donors (Lipinski definition) is 2. The van der Waals surface area contributed by atoms with Crippen LogP contribution in [0, 0.1) is 11.6 Å². The number of nitrogens with one attached hydrogen (secondary N) is 2. The van der Waals surface area contributed by atoms with Crippen molar-refractivity contribution in [3.63, 3.8) is 0 Å². The minimum absolute atomic E-state index is 0.126. The highest BCUT2D eigenvalue weighted by atomic mass is 19.1. The molecule has 0 amide bonds. The van der Waals surface area contributed by atoms with Crippen molar-refractivity contribution in [1.29, 1.82) is 0 Å². The van der Waals surface area contributed by atoms with Crippen LogP contribution in [0.15, 0.2) is 23.2 Å². The third-order valence-corrected chi connectivity index (χ3v) is 4.41. The van der Waals surface area contributed by atoms with Gasteiger partial charge in [-0.1, -0.05) is 13.0 Å². The lowest BCUT2D eigenvalue weighted by atomic mass is 10.0. The van der Waals surface area contributed by atoms with Gasteiger partial charge in [0.15, 0.2) is 5.96 Å². The molecule has 146 valence electrons. The van der Waals surface area contributed by atoms with Crippen LogP contribution in [0.5, 0.6) is 0 Å². The molecular weight excluding hydrogens is 338 g/mol. The van der Waals surface area contributed by atoms with E-state index in [1.54, 1.807) is 0 Å². The molecule has 1 heterocycles. The monoisotopic (exact) mass is 368 g/mol. The summed E-state index contributed by atoms with van der Waals surface area (Å²) in [4.78, 5) is 6.94. The molecular formula is C19H30F2N4O. The summed E-state index contributed by atoms with van der Waals surface area (Å²) in [6, 6.07) is 3.70. The van der Waals surface area contributed by atoms with Crippen LogP contribution in [-0.2, 0) is 4.74 Å². The van der Waals surface area contributed by atoms with Crippen LogP contribution in [0.2, 0.25) is 0 Å². The first kappa shape index (κ1) is 20.6. The second kappa shape index (κ2) is 11.1. The van der Waals surface area contributed by atoms with Crippen molar-refractivity contribution in [3.05, 3.63) is 35.4 Å². The molecule has 2 rings (SSSR count). The van der Waals surface area contributed by atoms with E-state index in [1.165, 1.54) is 12.1 Å². The van der Waals surface area contributed by atoms with Gasteiger partial charge in [-0.25, -0.2) is 8.78 Å². The first-order valence-electron chi connectivity index (χ1n) is 9.37. The molecule has 1 aromatic carbocycles. The molecule has 1 atom stereocenters. The minimum Gasteiger partial charge on any atom is -0.379 e. The summed E-state index contributed by atoms with van der Waals surface area (Å²) in [5.41, 5.74) is 0.485. The van der Waals surface area contributed by atoms with Gasteiger partial charge in [-0.3, -0.25) is 9.89 Å². The molecule has 1 saturated heterocycles. The van der Waals surface area contributed by atoms with Crippen LogP contribution >= 0.6 is 0 Å². The number of ether oxygens (including phenoxy) is 1. The Morgan fingerprint density at radius 3 is 2.73 bits per heavy atom. The van der Waals surface area contributed by atoms with Crippen LogP contribution in [0.1, 0.15) is 31.7 Å². The highest BCUT2D eigenvalue weighted by Crippen LogP contribution is 2.20. The van der Waals surface area contributed by atoms with E-state index in [0.29, 0.717) is 12.1 Å². The Morgan fingerprint density at radius 1 is 1.27 bits per heavy atom. The van der Waals surface area contributed by atoms with Crippen molar-refractivity contribution in [1.82, 2.24) is 15.5 Å². The molecule has 1 aliphatic heterocycles. The predicted molar refractivity (Wildman–Crippen MR) is 101 cm³/mol. The number of morpholine rings is 1. The molecule has 26 heavy (non-hydrogen) atoms. The van der Waals surface area contributed by atoms with E-state index in [-0.39, 0.29) is 5.92 Å². The maximum Gasteiger partial charge on any atom is 0.191 e. The van der Waals surface area contributed by atoms with Gasteiger partial charge in [-0.2, -0.15) is 0 Å². The van der Waals surface area contributed by atoms with E-state index in [1.807, 2.05) is 13.8 Å². The molecule has 0 bridgehead atoms. The van der Waals surface area contributed by atoms with Gasteiger partial charge < -0.3 is 15.4 Å².